The van der Waals surface area contributed by atoms with Gasteiger partial charge in [-0.1, -0.05) is 19.8 Å². The van der Waals surface area contributed by atoms with Crippen LogP contribution in [0.25, 0.3) is 11.1 Å². The number of carboxylic acid groups (broad SMARTS) is 1. The van der Waals surface area contributed by atoms with Crippen molar-refractivity contribution in [1.29, 1.82) is 0 Å². The van der Waals surface area contributed by atoms with E-state index in [1.54, 1.807) is 27.7 Å². The number of aryl methyl sites for hydroxylation is 2. The summed E-state index contributed by atoms with van der Waals surface area (Å²) in [5.41, 5.74) is -0.515. The highest BCUT2D eigenvalue weighted by atomic mass is 19.4. The first-order valence-corrected chi connectivity index (χ1v) is 17.1. The molecule has 51 heavy (non-hydrogen) atoms. The number of pyridine rings is 1. The van der Waals surface area contributed by atoms with Crippen LogP contribution >= 0.6 is 0 Å². The van der Waals surface area contributed by atoms with Gasteiger partial charge in [-0.25, -0.2) is 8.78 Å². The maximum absolute atomic E-state index is 15.9. The predicted molar refractivity (Wildman–Crippen MR) is 183 cm³/mol. The quantitative estimate of drug-likeness (QED) is 0.151. The van der Waals surface area contributed by atoms with Crippen LogP contribution in [0.5, 0.6) is 0 Å². The number of terminal acetylenes is 1. The van der Waals surface area contributed by atoms with Crippen molar-refractivity contribution in [3.63, 3.8) is 0 Å². The van der Waals surface area contributed by atoms with Crippen LogP contribution in [0.2, 0.25) is 0 Å². The van der Waals surface area contributed by atoms with Gasteiger partial charge in [0.1, 0.15) is 17.7 Å². The highest BCUT2D eigenvalue weighted by molar-refractivity contribution is 5.82. The van der Waals surface area contributed by atoms with Gasteiger partial charge in [0, 0.05) is 30.9 Å². The van der Waals surface area contributed by atoms with E-state index in [1.165, 1.54) is 24.3 Å². The second kappa shape index (κ2) is 14.6. The maximum atomic E-state index is 15.9. The average Bonchev–Trinajstić information content (AvgIpc) is 3.67. The molecule has 1 aliphatic carbocycles. The van der Waals surface area contributed by atoms with Crippen LogP contribution in [0.4, 0.5) is 22.0 Å². The molecular formula is C39H42F5N3O4. The number of carbonyl (C=O) groups excluding carboxylic acids is 1. The summed E-state index contributed by atoms with van der Waals surface area (Å²) in [5, 5.41) is 12.4. The number of alkyl halides is 3. The van der Waals surface area contributed by atoms with Crippen molar-refractivity contribution in [3.05, 3.63) is 91.9 Å². The van der Waals surface area contributed by atoms with Crippen LogP contribution in [-0.2, 0) is 22.2 Å². The van der Waals surface area contributed by atoms with Gasteiger partial charge in [0.2, 0.25) is 5.91 Å². The normalized spacial score (nSPS) is 16.6. The summed E-state index contributed by atoms with van der Waals surface area (Å²) < 4.78 is 73.6. The van der Waals surface area contributed by atoms with Crippen molar-refractivity contribution in [2.24, 2.45) is 11.3 Å². The Bertz CT molecular complexity index is 1920. The molecule has 2 atom stereocenters. The molecule has 7 nitrogen and oxygen atoms in total. The number of carbonyl (C=O) groups is 2. The van der Waals surface area contributed by atoms with Crippen LogP contribution in [0, 0.1) is 49.2 Å². The Hall–Kier alpha value is -4.50. The first kappa shape index (κ1) is 37.7. The molecule has 2 aromatic carbocycles. The Morgan fingerprint density at radius 1 is 1.06 bits per heavy atom. The fraction of sp³-hybridized carbons (Fsp3) is 0.462. The van der Waals surface area contributed by atoms with E-state index in [-0.39, 0.29) is 40.9 Å². The third-order valence-corrected chi connectivity index (χ3v) is 10.1. The SMILES string of the molecule is C#Cc1cc(-c2c(C)cc(F)cc2C)cc(C(CC(=O)O)NC(=O)C(CC(C)C)n2cc(CCN3CCC4(CC4)C3)c(C(F)(F)F)cc2=O)c1F. The summed E-state index contributed by atoms with van der Waals surface area (Å²) in [6.07, 6.45) is 4.36. The number of carboxylic acids is 1. The summed E-state index contributed by atoms with van der Waals surface area (Å²) in [7, 11) is 0. The number of aliphatic carboxylic acids is 1. The van der Waals surface area contributed by atoms with Crippen LogP contribution in [0.15, 0.2) is 41.3 Å². The van der Waals surface area contributed by atoms with E-state index in [2.05, 4.69) is 16.1 Å². The van der Waals surface area contributed by atoms with Crippen LogP contribution in [-0.4, -0.2) is 46.1 Å². The van der Waals surface area contributed by atoms with Crippen molar-refractivity contribution in [1.82, 2.24) is 14.8 Å². The molecule has 2 N–H and O–H groups in total. The minimum Gasteiger partial charge on any atom is -0.481 e. The topological polar surface area (TPSA) is 91.6 Å². The van der Waals surface area contributed by atoms with Gasteiger partial charge in [-0.05, 0) is 116 Å². The number of halogens is 5. The molecule has 1 spiro atoms. The number of rotatable bonds is 12. The minimum absolute atomic E-state index is 0.00204. The lowest BCUT2D eigenvalue weighted by atomic mass is 9.90. The van der Waals surface area contributed by atoms with E-state index in [4.69, 9.17) is 6.42 Å². The van der Waals surface area contributed by atoms with Crippen molar-refractivity contribution < 1.29 is 36.6 Å². The molecule has 5 rings (SSSR count). The van der Waals surface area contributed by atoms with Crippen molar-refractivity contribution in [3.8, 4) is 23.5 Å². The largest absolute Gasteiger partial charge is 0.481 e. The van der Waals surface area contributed by atoms with E-state index in [0.29, 0.717) is 34.9 Å². The molecule has 2 unspecified atom stereocenters. The molecule has 1 saturated carbocycles. The molecular weight excluding hydrogens is 669 g/mol. The highest BCUT2D eigenvalue weighted by Crippen LogP contribution is 2.52. The molecule has 1 aliphatic heterocycles. The van der Waals surface area contributed by atoms with E-state index in [9.17, 15) is 37.1 Å². The van der Waals surface area contributed by atoms with Crippen LogP contribution < -0.4 is 10.9 Å². The van der Waals surface area contributed by atoms with Gasteiger partial charge in [0.25, 0.3) is 5.56 Å². The highest BCUT2D eigenvalue weighted by Gasteiger charge is 2.47. The third kappa shape index (κ3) is 8.52. The van der Waals surface area contributed by atoms with E-state index < -0.39 is 59.3 Å². The zero-order valence-electron chi connectivity index (χ0n) is 29.1. The van der Waals surface area contributed by atoms with Gasteiger partial charge in [0.05, 0.1) is 23.6 Å². The zero-order chi connectivity index (χ0) is 37.4. The lowest BCUT2D eigenvalue weighted by Crippen LogP contribution is -2.41. The van der Waals surface area contributed by atoms with Gasteiger partial charge in [-0.3, -0.25) is 14.4 Å². The number of amides is 1. The summed E-state index contributed by atoms with van der Waals surface area (Å²) in [6.45, 7) is 8.79. The summed E-state index contributed by atoms with van der Waals surface area (Å²) in [5.74, 6) is -1.67. The third-order valence-electron chi connectivity index (χ3n) is 10.1. The van der Waals surface area contributed by atoms with Crippen molar-refractivity contribution in [2.45, 2.75) is 84.5 Å². The summed E-state index contributed by atoms with van der Waals surface area (Å²) >= 11 is 0. The Kier molecular flexibility index (Phi) is 10.8. The Labute approximate surface area is 293 Å². The molecule has 12 heteroatoms. The molecule has 0 radical (unpaired) electrons. The summed E-state index contributed by atoms with van der Waals surface area (Å²) in [6, 6.07) is 2.97. The fourth-order valence-corrected chi connectivity index (χ4v) is 7.37. The molecule has 2 heterocycles. The minimum atomic E-state index is -4.81. The fourth-order valence-electron chi connectivity index (χ4n) is 7.37. The Morgan fingerprint density at radius 2 is 1.73 bits per heavy atom. The zero-order valence-corrected chi connectivity index (χ0v) is 29.1. The van der Waals surface area contributed by atoms with Gasteiger partial charge < -0.3 is 19.9 Å². The first-order valence-electron chi connectivity index (χ1n) is 17.1. The average molecular weight is 712 g/mol. The lowest BCUT2D eigenvalue weighted by molar-refractivity contribution is -0.139. The number of nitrogens with zero attached hydrogens (tertiary/aromatic N) is 2. The lowest BCUT2D eigenvalue weighted by Gasteiger charge is -2.27. The number of benzene rings is 2. The molecule has 0 bridgehead atoms. The number of hydrogen-bond acceptors (Lipinski definition) is 4. The van der Waals surface area contributed by atoms with E-state index in [1.807, 2.05) is 0 Å². The predicted octanol–water partition coefficient (Wildman–Crippen LogP) is 7.36. The second-order valence-corrected chi connectivity index (χ2v) is 14.5. The molecule has 2 fully saturated rings. The van der Waals surface area contributed by atoms with E-state index >= 15 is 4.39 Å². The number of hydrogen-bond donors (Lipinski definition) is 2. The van der Waals surface area contributed by atoms with Crippen molar-refractivity contribution >= 4 is 11.9 Å². The van der Waals surface area contributed by atoms with Crippen LogP contribution in [0.1, 0.15) is 91.4 Å². The van der Waals surface area contributed by atoms with Gasteiger partial charge in [-0.2, -0.15) is 13.2 Å². The van der Waals surface area contributed by atoms with Gasteiger partial charge in [0.15, 0.2) is 0 Å². The second-order valence-electron chi connectivity index (χ2n) is 14.5. The Morgan fingerprint density at radius 3 is 2.27 bits per heavy atom. The van der Waals surface area contributed by atoms with Crippen LogP contribution in [0.3, 0.4) is 0 Å². The maximum Gasteiger partial charge on any atom is 0.416 e. The number of aromatic nitrogens is 1. The Balaban J connectivity index is 1.53. The smallest absolute Gasteiger partial charge is 0.416 e. The molecule has 1 saturated heterocycles. The molecule has 272 valence electrons. The van der Waals surface area contributed by atoms with Crippen molar-refractivity contribution in [2.75, 3.05) is 19.6 Å². The first-order chi connectivity index (χ1) is 23.9. The van der Waals surface area contributed by atoms with E-state index in [0.717, 1.165) is 43.1 Å². The molecule has 1 amide bonds. The molecule has 3 aromatic rings. The number of likely N-dealkylation sites (tertiary alicyclic amines) is 1. The molecule has 1 aromatic heterocycles. The summed E-state index contributed by atoms with van der Waals surface area (Å²) in [4.78, 5) is 41.7. The standard InChI is InChI=1S/C39H42F5N3O4/c1-6-25-16-27(35-23(4)14-28(40)15-24(35)5)17-29(36(25)41)31(19-34(49)50)45-37(51)32(13-22(2)3)47-20-26(30(18-33(47)48)39(42,43)44)7-11-46-12-10-38(21-46)8-9-38/h1,14-18,20,22,31-32H,7-13,19,21H2,2-5H3,(H,45,51)(H,49,50). The molecule has 2 aliphatic rings. The van der Waals surface area contributed by atoms with Gasteiger partial charge >= 0.3 is 12.1 Å². The van der Waals surface area contributed by atoms with Gasteiger partial charge in [-0.15, -0.1) is 6.42 Å². The monoisotopic (exact) mass is 711 g/mol. The number of nitrogens with one attached hydrogen (secondary N) is 1.